The number of aliphatic hydroxyl groups is 1. The molecule has 0 spiro atoms. The van der Waals surface area contributed by atoms with Crippen LogP contribution in [0.15, 0.2) is 0 Å². The first-order chi connectivity index (χ1) is 7.64. The summed E-state index contributed by atoms with van der Waals surface area (Å²) in [6, 6.07) is 0. The molecule has 0 radical (unpaired) electrons. The minimum Gasteiger partial charge on any atom is -0.380 e. The molecule has 0 aliphatic heterocycles. The lowest BCUT2D eigenvalue weighted by Gasteiger charge is -2.30. The van der Waals surface area contributed by atoms with Crippen molar-refractivity contribution in [3.63, 3.8) is 0 Å². The summed E-state index contributed by atoms with van der Waals surface area (Å²) in [5, 5.41) is 10.1. The van der Waals surface area contributed by atoms with Crippen molar-refractivity contribution in [2.45, 2.75) is 51.8 Å². The van der Waals surface area contributed by atoms with Gasteiger partial charge in [-0.3, -0.25) is 4.57 Å². The summed E-state index contributed by atoms with van der Waals surface area (Å²) in [4.78, 5) is 0. The zero-order valence-corrected chi connectivity index (χ0v) is 11.1. The molecule has 1 atom stereocenters. The van der Waals surface area contributed by atoms with Gasteiger partial charge in [-0.05, 0) is 32.6 Å². The number of rotatable bonds is 6. The molecule has 1 aliphatic rings. The van der Waals surface area contributed by atoms with E-state index in [2.05, 4.69) is 0 Å². The van der Waals surface area contributed by atoms with Crippen molar-refractivity contribution < 1.29 is 18.7 Å². The highest BCUT2D eigenvalue weighted by molar-refractivity contribution is 7.54. The van der Waals surface area contributed by atoms with Crippen molar-refractivity contribution in [2.75, 3.05) is 13.2 Å². The van der Waals surface area contributed by atoms with Crippen molar-refractivity contribution in [1.29, 1.82) is 0 Å². The largest absolute Gasteiger partial charge is 0.380 e. The lowest BCUT2D eigenvalue weighted by molar-refractivity contribution is 0.0964. The zero-order chi connectivity index (χ0) is 12.0. The van der Waals surface area contributed by atoms with Crippen LogP contribution in [0.4, 0.5) is 0 Å². The van der Waals surface area contributed by atoms with E-state index in [1.165, 1.54) is 6.42 Å². The molecule has 0 aromatic carbocycles. The molecule has 1 fully saturated rings. The fraction of sp³-hybridized carbons (Fsp3) is 1.00. The summed E-state index contributed by atoms with van der Waals surface area (Å²) in [7, 11) is -3.32. The van der Waals surface area contributed by atoms with Gasteiger partial charge in [0, 0.05) is 0 Å². The van der Waals surface area contributed by atoms with Crippen LogP contribution in [-0.2, 0) is 13.6 Å². The fourth-order valence-electron chi connectivity index (χ4n) is 2.24. The number of hydrogen-bond acceptors (Lipinski definition) is 4. The van der Waals surface area contributed by atoms with Gasteiger partial charge in [-0.15, -0.1) is 0 Å². The minimum absolute atomic E-state index is 0.0673. The molecule has 16 heavy (non-hydrogen) atoms. The molecular weight excluding hydrogens is 227 g/mol. The molecule has 0 aromatic heterocycles. The van der Waals surface area contributed by atoms with E-state index in [0.29, 0.717) is 13.2 Å². The Hall–Kier alpha value is 0.110. The van der Waals surface area contributed by atoms with Crippen LogP contribution in [0.2, 0.25) is 0 Å². The standard InChI is InChI=1S/C11H23O4P/c1-3-14-16(13,15-4-2)11(12)10-8-6-5-7-9-10/h10-12H,3-9H2,1-2H3. The third-order valence-corrected chi connectivity index (χ3v) is 5.32. The summed E-state index contributed by atoms with van der Waals surface area (Å²) in [6.45, 7) is 4.14. The number of hydrogen-bond donors (Lipinski definition) is 1. The van der Waals surface area contributed by atoms with E-state index in [-0.39, 0.29) is 5.92 Å². The molecule has 0 bridgehead atoms. The molecule has 1 N–H and O–H groups in total. The molecule has 0 saturated heterocycles. The fourth-order valence-corrected chi connectivity index (χ4v) is 4.15. The van der Waals surface area contributed by atoms with E-state index < -0.39 is 13.4 Å². The van der Waals surface area contributed by atoms with E-state index >= 15 is 0 Å². The van der Waals surface area contributed by atoms with Crippen LogP contribution >= 0.6 is 7.60 Å². The maximum absolute atomic E-state index is 12.3. The predicted molar refractivity (Wildman–Crippen MR) is 63.4 cm³/mol. The minimum atomic E-state index is -3.32. The van der Waals surface area contributed by atoms with E-state index in [4.69, 9.17) is 9.05 Å². The highest BCUT2D eigenvalue weighted by atomic mass is 31.2. The Labute approximate surface area is 97.9 Å². The first-order valence-electron chi connectivity index (χ1n) is 6.21. The maximum atomic E-state index is 12.3. The Balaban J connectivity index is 2.64. The summed E-state index contributed by atoms with van der Waals surface area (Å²) in [6.07, 6.45) is 5.24. The summed E-state index contributed by atoms with van der Waals surface area (Å²) in [5.41, 5.74) is 0. The zero-order valence-electron chi connectivity index (χ0n) is 10.2. The summed E-state index contributed by atoms with van der Waals surface area (Å²) < 4.78 is 22.7. The second-order valence-corrected chi connectivity index (χ2v) is 6.31. The van der Waals surface area contributed by atoms with Crippen molar-refractivity contribution in [1.82, 2.24) is 0 Å². The molecule has 96 valence electrons. The first kappa shape index (κ1) is 14.2. The molecule has 0 heterocycles. The highest BCUT2D eigenvalue weighted by Crippen LogP contribution is 2.56. The summed E-state index contributed by atoms with van der Waals surface area (Å²) in [5.74, 6) is -0.884. The molecule has 1 unspecified atom stereocenters. The van der Waals surface area contributed by atoms with Gasteiger partial charge < -0.3 is 14.2 Å². The molecular formula is C11H23O4P. The Morgan fingerprint density at radius 2 is 1.69 bits per heavy atom. The van der Waals surface area contributed by atoms with Gasteiger partial charge in [-0.2, -0.15) is 0 Å². The second-order valence-electron chi connectivity index (χ2n) is 4.19. The average Bonchev–Trinajstić information content (AvgIpc) is 2.30. The van der Waals surface area contributed by atoms with Crippen LogP contribution in [0.5, 0.6) is 0 Å². The van der Waals surface area contributed by atoms with Crippen LogP contribution in [-0.4, -0.2) is 24.2 Å². The van der Waals surface area contributed by atoms with Gasteiger partial charge in [0.05, 0.1) is 13.2 Å². The van der Waals surface area contributed by atoms with Crippen LogP contribution in [0, 0.1) is 5.92 Å². The predicted octanol–water partition coefficient (Wildman–Crippen LogP) is 3.15. The van der Waals surface area contributed by atoms with Gasteiger partial charge in [0.15, 0.2) is 5.85 Å². The van der Waals surface area contributed by atoms with Gasteiger partial charge in [0.25, 0.3) is 0 Å². The van der Waals surface area contributed by atoms with Crippen LogP contribution in [0.1, 0.15) is 46.0 Å². The molecule has 5 heteroatoms. The van der Waals surface area contributed by atoms with Gasteiger partial charge in [0.2, 0.25) is 0 Å². The summed E-state index contributed by atoms with van der Waals surface area (Å²) >= 11 is 0. The average molecular weight is 250 g/mol. The highest BCUT2D eigenvalue weighted by Gasteiger charge is 2.39. The smallest absolute Gasteiger partial charge is 0.359 e. The van der Waals surface area contributed by atoms with Crippen molar-refractivity contribution in [3.8, 4) is 0 Å². The lowest BCUT2D eigenvalue weighted by atomic mass is 9.90. The second kappa shape index (κ2) is 6.75. The van der Waals surface area contributed by atoms with Gasteiger partial charge in [-0.25, -0.2) is 0 Å². The SMILES string of the molecule is CCOP(=O)(OCC)C(O)C1CCCCC1. The van der Waals surface area contributed by atoms with E-state index in [1.54, 1.807) is 13.8 Å². The monoisotopic (exact) mass is 250 g/mol. The van der Waals surface area contributed by atoms with Crippen molar-refractivity contribution >= 4 is 7.60 Å². The van der Waals surface area contributed by atoms with E-state index in [0.717, 1.165) is 25.7 Å². The Morgan fingerprint density at radius 3 is 2.12 bits per heavy atom. The van der Waals surface area contributed by atoms with Crippen molar-refractivity contribution in [3.05, 3.63) is 0 Å². The van der Waals surface area contributed by atoms with E-state index in [1.807, 2.05) is 0 Å². The topological polar surface area (TPSA) is 55.8 Å². The Bertz CT molecular complexity index is 228. The third-order valence-electron chi connectivity index (χ3n) is 3.01. The molecule has 0 amide bonds. The van der Waals surface area contributed by atoms with Crippen LogP contribution in [0.25, 0.3) is 0 Å². The molecule has 4 nitrogen and oxygen atoms in total. The Kier molecular flexibility index (Phi) is 5.98. The van der Waals surface area contributed by atoms with Gasteiger partial charge in [-0.1, -0.05) is 19.3 Å². The van der Waals surface area contributed by atoms with E-state index in [9.17, 15) is 9.67 Å². The van der Waals surface area contributed by atoms with Crippen LogP contribution < -0.4 is 0 Å². The molecule has 1 saturated carbocycles. The Morgan fingerprint density at radius 1 is 1.19 bits per heavy atom. The van der Waals surface area contributed by atoms with Crippen LogP contribution in [0.3, 0.4) is 0 Å². The molecule has 1 aliphatic carbocycles. The van der Waals surface area contributed by atoms with Crippen molar-refractivity contribution in [2.24, 2.45) is 5.92 Å². The molecule has 0 aromatic rings. The van der Waals surface area contributed by atoms with Gasteiger partial charge >= 0.3 is 7.60 Å². The normalized spacial score (nSPS) is 20.9. The quantitative estimate of drug-likeness (QED) is 0.736. The first-order valence-corrected chi connectivity index (χ1v) is 7.82. The number of aliphatic hydroxyl groups excluding tert-OH is 1. The van der Waals surface area contributed by atoms with Gasteiger partial charge in [0.1, 0.15) is 0 Å². The molecule has 1 rings (SSSR count). The lowest BCUT2D eigenvalue weighted by Crippen LogP contribution is -2.25. The third kappa shape index (κ3) is 3.56. The maximum Gasteiger partial charge on any atom is 0.359 e.